The third-order valence-electron chi connectivity index (χ3n) is 3.52. The summed E-state index contributed by atoms with van der Waals surface area (Å²) < 4.78 is 5.12. The third kappa shape index (κ3) is 6.71. The zero-order valence-electron chi connectivity index (χ0n) is 13.3. The van der Waals surface area contributed by atoms with Gasteiger partial charge >= 0.3 is 0 Å². The molecule has 0 radical (unpaired) electrons. The van der Waals surface area contributed by atoms with E-state index in [0.717, 1.165) is 24.2 Å². The van der Waals surface area contributed by atoms with Gasteiger partial charge in [-0.1, -0.05) is 12.1 Å². The molecule has 1 aromatic carbocycles. The summed E-state index contributed by atoms with van der Waals surface area (Å²) in [4.78, 5) is 14.1. The Kier molecular flexibility index (Phi) is 7.97. The monoisotopic (exact) mass is 293 g/mol. The summed E-state index contributed by atoms with van der Waals surface area (Å²) in [6.45, 7) is 4.17. The van der Waals surface area contributed by atoms with Gasteiger partial charge in [-0.2, -0.15) is 0 Å². The number of ether oxygens (including phenoxy) is 1. The molecule has 0 aliphatic heterocycles. The number of hydrogen-bond acceptors (Lipinski definition) is 4. The number of methoxy groups -OCH3 is 1. The van der Waals surface area contributed by atoms with Gasteiger partial charge < -0.3 is 20.7 Å². The van der Waals surface area contributed by atoms with Gasteiger partial charge in [-0.15, -0.1) is 0 Å². The van der Waals surface area contributed by atoms with Crippen LogP contribution in [0.5, 0.6) is 0 Å². The van der Waals surface area contributed by atoms with Gasteiger partial charge in [0.25, 0.3) is 0 Å². The number of benzene rings is 1. The molecule has 0 fully saturated rings. The number of amides is 1. The van der Waals surface area contributed by atoms with Crippen molar-refractivity contribution in [2.75, 3.05) is 32.6 Å². The first-order valence-electron chi connectivity index (χ1n) is 7.35. The first-order valence-corrected chi connectivity index (χ1v) is 7.35. The summed E-state index contributed by atoms with van der Waals surface area (Å²) in [5.74, 6) is 0.0389. The summed E-state index contributed by atoms with van der Waals surface area (Å²) in [6, 6.07) is 7.99. The van der Waals surface area contributed by atoms with Crippen LogP contribution >= 0.6 is 0 Å². The Bertz CT molecular complexity index is 437. The molecule has 0 aromatic heterocycles. The molecule has 1 amide bonds. The van der Waals surface area contributed by atoms with Gasteiger partial charge in [0.1, 0.15) is 0 Å². The normalized spacial score (nSPS) is 12.4. The Balaban J connectivity index is 2.30. The van der Waals surface area contributed by atoms with Gasteiger partial charge in [0, 0.05) is 31.8 Å². The van der Waals surface area contributed by atoms with Crippen LogP contribution in [-0.4, -0.2) is 44.2 Å². The lowest BCUT2D eigenvalue weighted by molar-refractivity contribution is -0.116. The lowest BCUT2D eigenvalue weighted by Crippen LogP contribution is -2.33. The zero-order valence-corrected chi connectivity index (χ0v) is 13.3. The highest BCUT2D eigenvalue weighted by atomic mass is 16.5. The molecule has 0 aliphatic rings. The van der Waals surface area contributed by atoms with Crippen LogP contribution in [0.1, 0.15) is 25.3 Å². The van der Waals surface area contributed by atoms with Gasteiger partial charge in [-0.3, -0.25) is 4.79 Å². The lowest BCUT2D eigenvalue weighted by atomic mass is 10.2. The van der Waals surface area contributed by atoms with Gasteiger partial charge in [0.15, 0.2) is 0 Å². The maximum Gasteiger partial charge on any atom is 0.224 e. The molecule has 1 aromatic rings. The van der Waals surface area contributed by atoms with Crippen molar-refractivity contribution in [3.8, 4) is 0 Å². The molecular formula is C16H27N3O2. The van der Waals surface area contributed by atoms with E-state index < -0.39 is 0 Å². The molecule has 1 rings (SSSR count). The Morgan fingerprint density at radius 2 is 2.24 bits per heavy atom. The molecule has 5 nitrogen and oxygen atoms in total. The summed E-state index contributed by atoms with van der Waals surface area (Å²) in [7, 11) is 3.75. The van der Waals surface area contributed by atoms with Crippen LogP contribution in [0.4, 0.5) is 5.69 Å². The van der Waals surface area contributed by atoms with Gasteiger partial charge in [0.05, 0.1) is 6.61 Å². The second kappa shape index (κ2) is 9.50. The summed E-state index contributed by atoms with van der Waals surface area (Å²) in [5.41, 5.74) is 7.41. The number of likely N-dealkylation sites (N-methyl/N-ethyl adjacent to an activating group) is 1. The molecular weight excluding hydrogens is 266 g/mol. The van der Waals surface area contributed by atoms with E-state index in [1.807, 2.05) is 31.3 Å². The van der Waals surface area contributed by atoms with Crippen LogP contribution in [0, 0.1) is 0 Å². The molecule has 5 heteroatoms. The Morgan fingerprint density at radius 3 is 2.90 bits per heavy atom. The topological polar surface area (TPSA) is 67.6 Å². The first-order chi connectivity index (χ1) is 10.1. The van der Waals surface area contributed by atoms with E-state index >= 15 is 0 Å². The maximum absolute atomic E-state index is 11.9. The summed E-state index contributed by atoms with van der Waals surface area (Å²) in [5, 5.41) is 2.91. The molecule has 0 spiro atoms. The molecule has 3 N–H and O–H groups in total. The van der Waals surface area contributed by atoms with Crippen molar-refractivity contribution in [1.29, 1.82) is 0 Å². The predicted molar refractivity (Wildman–Crippen MR) is 86.2 cm³/mol. The highest BCUT2D eigenvalue weighted by Crippen LogP contribution is 2.11. The molecule has 0 aliphatic carbocycles. The smallest absolute Gasteiger partial charge is 0.224 e. The minimum atomic E-state index is 0.0389. The lowest BCUT2D eigenvalue weighted by Gasteiger charge is -2.23. The van der Waals surface area contributed by atoms with Crippen LogP contribution in [0.3, 0.4) is 0 Å². The number of carbonyl (C=O) groups excluding carboxylic acids is 1. The number of nitrogens with two attached hydrogens (primary N) is 1. The van der Waals surface area contributed by atoms with Gasteiger partial charge in [0.2, 0.25) is 5.91 Å². The minimum absolute atomic E-state index is 0.0389. The second-order valence-electron chi connectivity index (χ2n) is 5.34. The average Bonchev–Trinajstić information content (AvgIpc) is 2.47. The van der Waals surface area contributed by atoms with Crippen molar-refractivity contribution < 1.29 is 9.53 Å². The van der Waals surface area contributed by atoms with Gasteiger partial charge in [-0.25, -0.2) is 0 Å². The van der Waals surface area contributed by atoms with E-state index in [1.54, 1.807) is 7.11 Å². The van der Waals surface area contributed by atoms with Crippen LogP contribution in [0.2, 0.25) is 0 Å². The minimum Gasteiger partial charge on any atom is -0.383 e. The van der Waals surface area contributed by atoms with E-state index in [9.17, 15) is 4.79 Å². The fraction of sp³-hybridized carbons (Fsp3) is 0.562. The first kappa shape index (κ1) is 17.6. The van der Waals surface area contributed by atoms with E-state index in [1.165, 1.54) is 0 Å². The van der Waals surface area contributed by atoms with Crippen molar-refractivity contribution in [1.82, 2.24) is 4.90 Å². The zero-order chi connectivity index (χ0) is 15.7. The van der Waals surface area contributed by atoms with Crippen molar-refractivity contribution in [2.45, 2.75) is 32.4 Å². The van der Waals surface area contributed by atoms with Gasteiger partial charge in [-0.05, 0) is 44.6 Å². The Labute approximate surface area is 127 Å². The molecule has 118 valence electrons. The fourth-order valence-electron chi connectivity index (χ4n) is 2.08. The van der Waals surface area contributed by atoms with E-state index in [0.29, 0.717) is 25.6 Å². The Hall–Kier alpha value is -1.43. The summed E-state index contributed by atoms with van der Waals surface area (Å²) >= 11 is 0. The quantitative estimate of drug-likeness (QED) is 0.729. The molecule has 1 unspecified atom stereocenters. The number of carbonyl (C=O) groups is 1. The molecule has 0 heterocycles. The largest absolute Gasteiger partial charge is 0.383 e. The fourth-order valence-corrected chi connectivity index (χ4v) is 2.08. The number of nitrogens with one attached hydrogen (secondary N) is 1. The highest BCUT2D eigenvalue weighted by molar-refractivity contribution is 5.90. The SMILES string of the molecule is COCC(C)N(C)CCCC(=O)Nc1cccc(CN)c1. The van der Waals surface area contributed by atoms with Crippen LogP contribution < -0.4 is 11.1 Å². The number of hydrogen-bond donors (Lipinski definition) is 2. The number of rotatable bonds is 9. The average molecular weight is 293 g/mol. The van der Waals surface area contributed by atoms with Crippen molar-refractivity contribution in [3.63, 3.8) is 0 Å². The molecule has 0 saturated carbocycles. The van der Waals surface area contributed by atoms with Crippen LogP contribution in [-0.2, 0) is 16.1 Å². The van der Waals surface area contributed by atoms with E-state index in [-0.39, 0.29) is 5.91 Å². The molecule has 0 bridgehead atoms. The summed E-state index contributed by atoms with van der Waals surface area (Å²) in [6.07, 6.45) is 1.34. The molecule has 0 saturated heterocycles. The van der Waals surface area contributed by atoms with E-state index in [2.05, 4.69) is 17.1 Å². The van der Waals surface area contributed by atoms with Crippen molar-refractivity contribution in [3.05, 3.63) is 29.8 Å². The molecule has 21 heavy (non-hydrogen) atoms. The van der Waals surface area contributed by atoms with E-state index in [4.69, 9.17) is 10.5 Å². The second-order valence-corrected chi connectivity index (χ2v) is 5.34. The third-order valence-corrected chi connectivity index (χ3v) is 3.52. The molecule has 1 atom stereocenters. The Morgan fingerprint density at radius 1 is 1.48 bits per heavy atom. The standard InChI is InChI=1S/C16H27N3O2/c1-13(12-21-3)19(2)9-5-8-16(20)18-15-7-4-6-14(10-15)11-17/h4,6-7,10,13H,5,8-9,11-12,17H2,1-3H3,(H,18,20). The number of nitrogens with zero attached hydrogens (tertiary/aromatic N) is 1. The van der Waals surface area contributed by atoms with Crippen LogP contribution in [0.25, 0.3) is 0 Å². The number of anilines is 1. The predicted octanol–water partition coefficient (Wildman–Crippen LogP) is 1.83. The highest BCUT2D eigenvalue weighted by Gasteiger charge is 2.09. The van der Waals surface area contributed by atoms with Crippen molar-refractivity contribution >= 4 is 11.6 Å². The van der Waals surface area contributed by atoms with Crippen molar-refractivity contribution in [2.24, 2.45) is 5.73 Å². The maximum atomic E-state index is 11.9. The van der Waals surface area contributed by atoms with Crippen LogP contribution in [0.15, 0.2) is 24.3 Å².